The Morgan fingerprint density at radius 3 is 2.20 bits per heavy atom. The molecule has 0 spiro atoms. The molecule has 0 radical (unpaired) electrons. The standard InChI is InChI=1S/C16H17N3O/c20-15-8-6-14(7-9-15)19-13-4-2-12(3-5-13)16-17-10-1-11-18-16/h2-9,19-20H,1,10-11H2,(H,17,18). The molecule has 1 aliphatic heterocycles. The van der Waals surface area contributed by atoms with Crippen LogP contribution in [0.1, 0.15) is 12.0 Å². The van der Waals surface area contributed by atoms with E-state index in [1.807, 2.05) is 24.3 Å². The van der Waals surface area contributed by atoms with E-state index in [0.29, 0.717) is 0 Å². The van der Waals surface area contributed by atoms with Gasteiger partial charge in [0.2, 0.25) is 0 Å². The number of anilines is 2. The van der Waals surface area contributed by atoms with Crippen LogP contribution >= 0.6 is 0 Å². The molecule has 0 aliphatic carbocycles. The van der Waals surface area contributed by atoms with Gasteiger partial charge >= 0.3 is 0 Å². The number of aliphatic imine (C=N–C) groups is 1. The lowest BCUT2D eigenvalue weighted by Crippen LogP contribution is -2.30. The molecule has 4 nitrogen and oxygen atoms in total. The molecule has 2 aromatic carbocycles. The number of hydrogen-bond donors (Lipinski definition) is 3. The van der Waals surface area contributed by atoms with Gasteiger partial charge in [0.25, 0.3) is 0 Å². The SMILES string of the molecule is Oc1ccc(Nc2ccc(C3=NCCCN3)cc2)cc1. The fourth-order valence-corrected chi connectivity index (χ4v) is 2.15. The number of nitrogens with zero attached hydrogens (tertiary/aromatic N) is 1. The highest BCUT2D eigenvalue weighted by atomic mass is 16.3. The Bertz CT molecular complexity index is 603. The van der Waals surface area contributed by atoms with Crippen molar-refractivity contribution in [1.82, 2.24) is 5.32 Å². The van der Waals surface area contributed by atoms with Crippen molar-refractivity contribution in [1.29, 1.82) is 0 Å². The first-order chi connectivity index (χ1) is 9.81. The van der Waals surface area contributed by atoms with Gasteiger partial charge < -0.3 is 15.7 Å². The van der Waals surface area contributed by atoms with Gasteiger partial charge in [-0.25, -0.2) is 0 Å². The summed E-state index contributed by atoms with van der Waals surface area (Å²) in [6, 6.07) is 15.2. The van der Waals surface area contributed by atoms with E-state index in [-0.39, 0.29) is 5.75 Å². The third kappa shape index (κ3) is 2.91. The first-order valence-electron chi connectivity index (χ1n) is 6.76. The Balaban J connectivity index is 1.72. The van der Waals surface area contributed by atoms with Crippen molar-refractivity contribution in [2.75, 3.05) is 18.4 Å². The molecular formula is C16H17N3O. The van der Waals surface area contributed by atoms with E-state index in [2.05, 4.69) is 27.8 Å². The first kappa shape index (κ1) is 12.5. The Kier molecular flexibility index (Phi) is 3.54. The van der Waals surface area contributed by atoms with E-state index in [4.69, 9.17) is 0 Å². The van der Waals surface area contributed by atoms with Gasteiger partial charge in [0, 0.05) is 30.0 Å². The molecule has 102 valence electrons. The number of aromatic hydroxyl groups is 1. The van der Waals surface area contributed by atoms with Gasteiger partial charge in [-0.05, 0) is 55.0 Å². The second-order valence-corrected chi connectivity index (χ2v) is 4.76. The van der Waals surface area contributed by atoms with Crippen LogP contribution in [0.25, 0.3) is 0 Å². The topological polar surface area (TPSA) is 56.6 Å². The summed E-state index contributed by atoms with van der Waals surface area (Å²) >= 11 is 0. The zero-order chi connectivity index (χ0) is 13.8. The number of benzene rings is 2. The van der Waals surface area contributed by atoms with Crippen molar-refractivity contribution in [3.05, 3.63) is 54.1 Å². The molecule has 0 saturated heterocycles. The van der Waals surface area contributed by atoms with Crippen molar-refractivity contribution in [3.8, 4) is 5.75 Å². The van der Waals surface area contributed by atoms with Gasteiger partial charge in [0.05, 0.1) is 0 Å². The molecule has 0 saturated carbocycles. The average Bonchev–Trinajstić information content (AvgIpc) is 2.51. The van der Waals surface area contributed by atoms with Crippen LogP contribution in [0.4, 0.5) is 11.4 Å². The van der Waals surface area contributed by atoms with E-state index in [9.17, 15) is 5.11 Å². The molecule has 0 amide bonds. The summed E-state index contributed by atoms with van der Waals surface area (Å²) in [5.74, 6) is 1.25. The summed E-state index contributed by atoms with van der Waals surface area (Å²) in [5.41, 5.74) is 3.07. The summed E-state index contributed by atoms with van der Waals surface area (Å²) in [4.78, 5) is 4.48. The number of nitrogens with one attached hydrogen (secondary N) is 2. The molecule has 3 rings (SSSR count). The van der Waals surface area contributed by atoms with Crippen molar-refractivity contribution < 1.29 is 5.11 Å². The molecule has 1 aliphatic rings. The third-order valence-corrected chi connectivity index (χ3v) is 3.21. The van der Waals surface area contributed by atoms with E-state index in [1.54, 1.807) is 12.1 Å². The van der Waals surface area contributed by atoms with Crippen molar-refractivity contribution in [2.45, 2.75) is 6.42 Å². The van der Waals surface area contributed by atoms with Crippen LogP contribution in [-0.2, 0) is 0 Å². The zero-order valence-corrected chi connectivity index (χ0v) is 11.1. The Morgan fingerprint density at radius 1 is 0.950 bits per heavy atom. The highest BCUT2D eigenvalue weighted by molar-refractivity contribution is 5.99. The van der Waals surface area contributed by atoms with Crippen LogP contribution in [0.15, 0.2) is 53.5 Å². The normalized spacial score (nSPS) is 14.3. The molecule has 1 heterocycles. The molecule has 0 unspecified atom stereocenters. The van der Waals surface area contributed by atoms with E-state index < -0.39 is 0 Å². The van der Waals surface area contributed by atoms with Crippen LogP contribution in [0.5, 0.6) is 5.75 Å². The van der Waals surface area contributed by atoms with Crippen molar-refractivity contribution >= 4 is 17.2 Å². The number of phenols is 1. The first-order valence-corrected chi connectivity index (χ1v) is 6.76. The zero-order valence-electron chi connectivity index (χ0n) is 11.1. The number of amidine groups is 1. The van der Waals surface area contributed by atoms with Gasteiger partial charge in [0.1, 0.15) is 11.6 Å². The predicted octanol–water partition coefficient (Wildman–Crippen LogP) is 2.88. The number of phenolic OH excluding ortho intramolecular Hbond substituents is 1. The van der Waals surface area contributed by atoms with Gasteiger partial charge in [0.15, 0.2) is 0 Å². The molecule has 0 bridgehead atoms. The molecule has 0 atom stereocenters. The summed E-state index contributed by atoms with van der Waals surface area (Å²) in [5, 5.41) is 15.9. The second kappa shape index (κ2) is 5.65. The van der Waals surface area contributed by atoms with Crippen LogP contribution in [0, 0.1) is 0 Å². The second-order valence-electron chi connectivity index (χ2n) is 4.76. The largest absolute Gasteiger partial charge is 0.508 e. The van der Waals surface area contributed by atoms with E-state index in [1.165, 1.54) is 0 Å². The number of hydrogen-bond acceptors (Lipinski definition) is 4. The average molecular weight is 267 g/mol. The van der Waals surface area contributed by atoms with Crippen LogP contribution in [-0.4, -0.2) is 24.0 Å². The highest BCUT2D eigenvalue weighted by Gasteiger charge is 2.06. The summed E-state index contributed by atoms with van der Waals surface area (Å²) in [7, 11) is 0. The minimum atomic E-state index is 0.271. The van der Waals surface area contributed by atoms with E-state index in [0.717, 1.165) is 42.3 Å². The monoisotopic (exact) mass is 267 g/mol. The maximum Gasteiger partial charge on any atom is 0.128 e. The lowest BCUT2D eigenvalue weighted by atomic mass is 10.1. The summed E-state index contributed by atoms with van der Waals surface area (Å²) < 4.78 is 0. The highest BCUT2D eigenvalue weighted by Crippen LogP contribution is 2.19. The minimum Gasteiger partial charge on any atom is -0.508 e. The fraction of sp³-hybridized carbons (Fsp3) is 0.188. The molecule has 3 N–H and O–H groups in total. The Labute approximate surface area is 118 Å². The predicted molar refractivity (Wildman–Crippen MR) is 81.9 cm³/mol. The molecule has 0 fully saturated rings. The molecule has 4 heteroatoms. The van der Waals surface area contributed by atoms with Gasteiger partial charge in [-0.15, -0.1) is 0 Å². The molecular weight excluding hydrogens is 250 g/mol. The van der Waals surface area contributed by atoms with Crippen LogP contribution in [0.2, 0.25) is 0 Å². The Hall–Kier alpha value is -2.49. The van der Waals surface area contributed by atoms with Crippen molar-refractivity contribution in [3.63, 3.8) is 0 Å². The fourth-order valence-electron chi connectivity index (χ4n) is 2.15. The minimum absolute atomic E-state index is 0.271. The summed E-state index contributed by atoms with van der Waals surface area (Å²) in [6.07, 6.45) is 1.10. The summed E-state index contributed by atoms with van der Waals surface area (Å²) in [6.45, 7) is 1.89. The maximum absolute atomic E-state index is 9.26. The molecule has 2 aromatic rings. The van der Waals surface area contributed by atoms with Gasteiger partial charge in [-0.2, -0.15) is 0 Å². The number of rotatable bonds is 3. The quantitative estimate of drug-likeness (QED) is 0.749. The van der Waals surface area contributed by atoms with Gasteiger partial charge in [-0.3, -0.25) is 4.99 Å². The molecule has 20 heavy (non-hydrogen) atoms. The smallest absolute Gasteiger partial charge is 0.128 e. The van der Waals surface area contributed by atoms with Crippen LogP contribution < -0.4 is 10.6 Å². The van der Waals surface area contributed by atoms with Crippen LogP contribution in [0.3, 0.4) is 0 Å². The molecule has 0 aromatic heterocycles. The lowest BCUT2D eigenvalue weighted by molar-refractivity contribution is 0.475. The maximum atomic E-state index is 9.26. The Morgan fingerprint density at radius 2 is 1.60 bits per heavy atom. The van der Waals surface area contributed by atoms with Crippen molar-refractivity contribution in [2.24, 2.45) is 4.99 Å². The van der Waals surface area contributed by atoms with E-state index >= 15 is 0 Å². The lowest BCUT2D eigenvalue weighted by Gasteiger charge is -2.15. The third-order valence-electron chi connectivity index (χ3n) is 3.21. The van der Waals surface area contributed by atoms with Gasteiger partial charge in [-0.1, -0.05) is 0 Å².